The van der Waals surface area contributed by atoms with Crippen LogP contribution < -0.4 is 4.90 Å². The molecule has 6 nitrogen and oxygen atoms in total. The maximum Gasteiger partial charge on any atom is 0.271 e. The molecule has 1 aliphatic heterocycles. The van der Waals surface area contributed by atoms with Gasteiger partial charge >= 0.3 is 0 Å². The van der Waals surface area contributed by atoms with Crippen LogP contribution in [0.1, 0.15) is 44.6 Å². The summed E-state index contributed by atoms with van der Waals surface area (Å²) >= 11 is 12.4. The van der Waals surface area contributed by atoms with Crippen LogP contribution in [0.5, 0.6) is 0 Å². The molecule has 4 rings (SSSR count). The van der Waals surface area contributed by atoms with Crippen LogP contribution in [0, 0.1) is 15.5 Å². The average Bonchev–Trinajstić information content (AvgIpc) is 2.67. The maximum atomic E-state index is 13.4. The predicted molar refractivity (Wildman–Crippen MR) is 119 cm³/mol. The van der Waals surface area contributed by atoms with Crippen molar-refractivity contribution in [1.29, 1.82) is 0 Å². The van der Waals surface area contributed by atoms with Gasteiger partial charge in [-0.2, -0.15) is 0 Å². The van der Waals surface area contributed by atoms with Crippen molar-refractivity contribution in [2.45, 2.75) is 39.0 Å². The number of nitrogens with zero attached hydrogens (tertiary/aromatic N) is 2. The average molecular weight is 459 g/mol. The number of hydrogen-bond donors (Lipinski definition) is 0. The van der Waals surface area contributed by atoms with E-state index < -0.39 is 4.92 Å². The Bertz CT molecular complexity index is 1140. The highest BCUT2D eigenvalue weighted by Gasteiger charge is 2.44. The third-order valence-electron chi connectivity index (χ3n) is 5.80. The molecule has 1 unspecified atom stereocenters. The van der Waals surface area contributed by atoms with Gasteiger partial charge in [-0.1, -0.05) is 49.2 Å². The SMILES string of the molecule is CC1(C)CC(=O)C2=C(C1)N(c1ccc([N+](=O)[O-])cc1Cl)C(=O)CC2c1ccc(Cl)cc1. The van der Waals surface area contributed by atoms with Gasteiger partial charge in [-0.15, -0.1) is 0 Å². The standard InChI is InChI=1S/C23H20Cl2N2O4/c1-23(2)11-19-22(20(28)12-23)16(13-3-5-14(24)6-4-13)10-21(29)26(19)18-8-7-15(27(30)31)9-17(18)25/h3-9,16H,10-12H2,1-2H3. The minimum atomic E-state index is -0.539. The van der Waals surface area contributed by atoms with Crippen LogP contribution in [0.25, 0.3) is 0 Å². The largest absolute Gasteiger partial charge is 0.294 e. The normalized spacial score (nSPS) is 20.6. The van der Waals surface area contributed by atoms with Gasteiger partial charge in [0.05, 0.1) is 15.6 Å². The minimum absolute atomic E-state index is 0.00161. The van der Waals surface area contributed by atoms with Crippen LogP contribution in [-0.4, -0.2) is 16.6 Å². The summed E-state index contributed by atoms with van der Waals surface area (Å²) in [5, 5.41) is 11.8. The summed E-state index contributed by atoms with van der Waals surface area (Å²) < 4.78 is 0. The second-order valence-electron chi connectivity index (χ2n) is 8.73. The highest BCUT2D eigenvalue weighted by Crippen LogP contribution is 2.49. The lowest BCUT2D eigenvalue weighted by molar-refractivity contribution is -0.384. The third kappa shape index (κ3) is 3.98. The Labute approximate surface area is 189 Å². The number of nitro groups is 1. The van der Waals surface area contributed by atoms with Gasteiger partial charge in [0.1, 0.15) is 0 Å². The Balaban J connectivity index is 1.89. The van der Waals surface area contributed by atoms with Crippen molar-refractivity contribution in [2.24, 2.45) is 5.41 Å². The van der Waals surface area contributed by atoms with Crippen molar-refractivity contribution in [2.75, 3.05) is 4.90 Å². The fraction of sp³-hybridized carbons (Fsp3) is 0.304. The first-order valence-corrected chi connectivity index (χ1v) is 10.6. The number of benzene rings is 2. The number of hydrogen-bond acceptors (Lipinski definition) is 4. The Morgan fingerprint density at radius 1 is 1.06 bits per heavy atom. The number of Topliss-reactive ketones (excluding diaryl/α,β-unsaturated/α-hetero) is 1. The van der Waals surface area contributed by atoms with E-state index in [4.69, 9.17) is 23.2 Å². The van der Waals surface area contributed by atoms with Gasteiger partial charge in [-0.25, -0.2) is 0 Å². The fourth-order valence-electron chi connectivity index (χ4n) is 4.47. The number of carbonyl (C=O) groups is 2. The van der Waals surface area contributed by atoms with Gasteiger partial charge in [0.15, 0.2) is 5.78 Å². The number of non-ortho nitro benzene ring substituents is 1. The Kier molecular flexibility index (Phi) is 5.40. The van der Waals surface area contributed by atoms with E-state index in [1.807, 2.05) is 26.0 Å². The molecule has 0 aromatic heterocycles. The number of rotatable bonds is 3. The van der Waals surface area contributed by atoms with Crippen LogP contribution in [-0.2, 0) is 9.59 Å². The molecule has 1 atom stereocenters. The molecule has 31 heavy (non-hydrogen) atoms. The molecule has 0 fully saturated rings. The van der Waals surface area contributed by atoms with Crippen molar-refractivity contribution >= 4 is 46.3 Å². The van der Waals surface area contributed by atoms with Crippen LogP contribution in [0.3, 0.4) is 0 Å². The number of carbonyl (C=O) groups excluding carboxylic acids is 2. The van der Waals surface area contributed by atoms with Crippen LogP contribution in [0.15, 0.2) is 53.7 Å². The lowest BCUT2D eigenvalue weighted by Crippen LogP contribution is -2.43. The van der Waals surface area contributed by atoms with E-state index in [1.54, 1.807) is 12.1 Å². The first kappa shape index (κ1) is 21.5. The second-order valence-corrected chi connectivity index (χ2v) is 9.58. The highest BCUT2D eigenvalue weighted by atomic mass is 35.5. The van der Waals surface area contributed by atoms with E-state index >= 15 is 0 Å². The van der Waals surface area contributed by atoms with E-state index in [9.17, 15) is 19.7 Å². The highest BCUT2D eigenvalue weighted by molar-refractivity contribution is 6.34. The summed E-state index contributed by atoms with van der Waals surface area (Å²) in [6.07, 6.45) is 0.989. The van der Waals surface area contributed by atoms with E-state index in [0.29, 0.717) is 34.8 Å². The molecule has 0 saturated heterocycles. The van der Waals surface area contributed by atoms with Crippen molar-refractivity contribution in [3.63, 3.8) is 0 Å². The molecule has 1 heterocycles. The molecule has 0 saturated carbocycles. The zero-order valence-corrected chi connectivity index (χ0v) is 18.5. The first-order valence-electron chi connectivity index (χ1n) is 9.86. The van der Waals surface area contributed by atoms with Crippen molar-refractivity contribution in [1.82, 2.24) is 0 Å². The fourth-order valence-corrected chi connectivity index (χ4v) is 4.85. The van der Waals surface area contributed by atoms with E-state index in [2.05, 4.69) is 0 Å². The molecular weight excluding hydrogens is 439 g/mol. The van der Waals surface area contributed by atoms with Gasteiger partial charge in [0.25, 0.3) is 5.69 Å². The Morgan fingerprint density at radius 3 is 2.35 bits per heavy atom. The molecular formula is C23H20Cl2N2O4. The quantitative estimate of drug-likeness (QED) is 0.413. The maximum absolute atomic E-state index is 13.4. The molecule has 0 spiro atoms. The van der Waals surface area contributed by atoms with Crippen molar-refractivity contribution in [3.05, 3.63) is 79.5 Å². The molecule has 2 aromatic rings. The van der Waals surface area contributed by atoms with E-state index in [1.165, 1.54) is 23.1 Å². The number of allylic oxidation sites excluding steroid dienone is 2. The Hall–Kier alpha value is -2.70. The summed E-state index contributed by atoms with van der Waals surface area (Å²) in [4.78, 5) is 38.6. The van der Waals surface area contributed by atoms with E-state index in [-0.39, 0.29) is 40.2 Å². The zero-order valence-electron chi connectivity index (χ0n) is 17.0. The summed E-state index contributed by atoms with van der Waals surface area (Å²) in [5.74, 6) is -0.571. The lowest BCUT2D eigenvalue weighted by atomic mass is 9.69. The van der Waals surface area contributed by atoms with Gasteiger partial charge in [-0.3, -0.25) is 24.6 Å². The van der Waals surface area contributed by atoms with E-state index in [0.717, 1.165) is 5.56 Å². The summed E-state index contributed by atoms with van der Waals surface area (Å²) in [6, 6.07) is 11.2. The summed E-state index contributed by atoms with van der Waals surface area (Å²) in [6.45, 7) is 3.97. The molecule has 0 N–H and O–H groups in total. The number of ketones is 1. The predicted octanol–water partition coefficient (Wildman–Crippen LogP) is 6.07. The molecule has 1 amide bonds. The van der Waals surface area contributed by atoms with Crippen molar-refractivity contribution < 1.29 is 14.5 Å². The van der Waals surface area contributed by atoms with Crippen LogP contribution in [0.4, 0.5) is 11.4 Å². The number of halogens is 2. The van der Waals surface area contributed by atoms with Gasteiger partial charge in [0.2, 0.25) is 5.91 Å². The molecule has 2 aromatic carbocycles. The third-order valence-corrected chi connectivity index (χ3v) is 6.35. The number of nitro benzene ring substituents is 1. The summed E-state index contributed by atoms with van der Waals surface area (Å²) in [5.41, 5.74) is 1.94. The summed E-state index contributed by atoms with van der Waals surface area (Å²) in [7, 11) is 0. The molecule has 1 aliphatic carbocycles. The minimum Gasteiger partial charge on any atom is -0.294 e. The van der Waals surface area contributed by atoms with Crippen LogP contribution >= 0.6 is 23.2 Å². The topological polar surface area (TPSA) is 80.5 Å². The second kappa shape index (κ2) is 7.77. The molecule has 8 heteroatoms. The first-order chi connectivity index (χ1) is 14.6. The molecule has 160 valence electrons. The molecule has 0 radical (unpaired) electrons. The smallest absolute Gasteiger partial charge is 0.271 e. The number of amides is 1. The van der Waals surface area contributed by atoms with Gasteiger partial charge in [0, 0.05) is 47.2 Å². The molecule has 0 bridgehead atoms. The lowest BCUT2D eigenvalue weighted by Gasteiger charge is -2.43. The number of anilines is 1. The van der Waals surface area contributed by atoms with Crippen LogP contribution in [0.2, 0.25) is 10.0 Å². The van der Waals surface area contributed by atoms with Gasteiger partial charge < -0.3 is 0 Å². The van der Waals surface area contributed by atoms with Crippen molar-refractivity contribution in [3.8, 4) is 0 Å². The monoisotopic (exact) mass is 458 g/mol. The van der Waals surface area contributed by atoms with Gasteiger partial charge in [-0.05, 0) is 35.6 Å². The molecule has 2 aliphatic rings. The Morgan fingerprint density at radius 2 is 1.74 bits per heavy atom. The zero-order chi connectivity index (χ0) is 22.5.